The molecule has 2 N–H and O–H groups in total. The lowest BCUT2D eigenvalue weighted by atomic mass is 10.1. The van der Waals surface area contributed by atoms with Crippen LogP contribution in [0.2, 0.25) is 0 Å². The summed E-state index contributed by atoms with van der Waals surface area (Å²) in [6.07, 6.45) is 0.456. The number of nitrogens with one attached hydrogen (secondary N) is 1. The van der Waals surface area contributed by atoms with Gasteiger partial charge in [-0.25, -0.2) is 4.98 Å². The van der Waals surface area contributed by atoms with E-state index < -0.39 is 5.97 Å². The zero-order valence-corrected chi connectivity index (χ0v) is 13.0. The van der Waals surface area contributed by atoms with Crippen molar-refractivity contribution in [3.05, 3.63) is 58.9 Å². The molecule has 0 saturated heterocycles. The first-order valence-corrected chi connectivity index (χ1v) is 7.36. The highest BCUT2D eigenvalue weighted by atomic mass is 16.5. The Hall–Kier alpha value is -3.33. The van der Waals surface area contributed by atoms with E-state index in [9.17, 15) is 4.79 Å². The van der Waals surface area contributed by atoms with Gasteiger partial charge in [0.1, 0.15) is 17.1 Å². The second-order valence-electron chi connectivity index (χ2n) is 5.39. The fraction of sp³-hybridized carbons (Fsp3) is 0.167. The molecule has 0 atom stereocenters. The van der Waals surface area contributed by atoms with Crippen molar-refractivity contribution in [3.8, 4) is 11.8 Å². The van der Waals surface area contributed by atoms with Gasteiger partial charge in [-0.1, -0.05) is 18.2 Å². The standard InChI is InChI=1S/C18H15N3O3/c1-24-14-7-6-13(9-16(22)23)17-18(14)21-15(20-17)8-11-2-4-12(10-19)5-3-11/h2-7H,8-9H2,1H3,(H,20,21)(H,22,23). The van der Waals surface area contributed by atoms with Gasteiger partial charge in [0.15, 0.2) is 0 Å². The largest absolute Gasteiger partial charge is 0.494 e. The number of imidazole rings is 1. The molecule has 1 heterocycles. The van der Waals surface area contributed by atoms with E-state index in [1.807, 2.05) is 12.1 Å². The molecule has 24 heavy (non-hydrogen) atoms. The van der Waals surface area contributed by atoms with Gasteiger partial charge < -0.3 is 14.8 Å². The highest BCUT2D eigenvalue weighted by Crippen LogP contribution is 2.27. The number of carboxylic acid groups (broad SMARTS) is 1. The topological polar surface area (TPSA) is 99.0 Å². The Morgan fingerprint density at radius 3 is 2.67 bits per heavy atom. The predicted octanol–water partition coefficient (Wildman–Crippen LogP) is 2.66. The van der Waals surface area contributed by atoms with E-state index in [1.54, 1.807) is 31.4 Å². The molecular formula is C18H15N3O3. The lowest BCUT2D eigenvalue weighted by molar-refractivity contribution is -0.136. The molecule has 0 aliphatic carbocycles. The third-order valence-electron chi connectivity index (χ3n) is 3.76. The zero-order valence-electron chi connectivity index (χ0n) is 13.0. The normalized spacial score (nSPS) is 10.5. The highest BCUT2D eigenvalue weighted by Gasteiger charge is 2.14. The molecule has 0 spiro atoms. The molecule has 3 rings (SSSR count). The number of ether oxygens (including phenoxy) is 1. The van der Waals surface area contributed by atoms with Crippen LogP contribution in [0.1, 0.15) is 22.5 Å². The van der Waals surface area contributed by atoms with Crippen molar-refractivity contribution in [2.24, 2.45) is 0 Å². The summed E-state index contributed by atoms with van der Waals surface area (Å²) < 4.78 is 5.33. The summed E-state index contributed by atoms with van der Waals surface area (Å²) in [7, 11) is 1.56. The quantitative estimate of drug-likeness (QED) is 0.752. The van der Waals surface area contributed by atoms with Gasteiger partial charge in [-0.2, -0.15) is 5.26 Å². The van der Waals surface area contributed by atoms with Crippen molar-refractivity contribution in [2.75, 3.05) is 7.11 Å². The molecule has 1 aromatic heterocycles. The van der Waals surface area contributed by atoms with Crippen LogP contribution in [0, 0.1) is 11.3 Å². The number of rotatable bonds is 5. The molecule has 0 radical (unpaired) electrons. The number of H-pyrrole nitrogens is 1. The molecule has 0 bridgehead atoms. The monoisotopic (exact) mass is 321 g/mol. The summed E-state index contributed by atoms with van der Waals surface area (Å²) in [6, 6.07) is 12.8. The maximum Gasteiger partial charge on any atom is 0.307 e. The van der Waals surface area contributed by atoms with E-state index in [0.29, 0.717) is 40.2 Å². The van der Waals surface area contributed by atoms with Gasteiger partial charge in [-0.3, -0.25) is 4.79 Å². The Balaban J connectivity index is 1.99. The number of methoxy groups -OCH3 is 1. The Kier molecular flexibility index (Phi) is 4.17. The SMILES string of the molecule is COc1ccc(CC(=O)O)c2nc(Cc3ccc(C#N)cc3)[nH]c12. The van der Waals surface area contributed by atoms with E-state index in [-0.39, 0.29) is 6.42 Å². The minimum absolute atomic E-state index is 0.0956. The van der Waals surface area contributed by atoms with Crippen LogP contribution in [0.3, 0.4) is 0 Å². The van der Waals surface area contributed by atoms with Crippen LogP contribution >= 0.6 is 0 Å². The molecule has 3 aromatic rings. The molecule has 6 nitrogen and oxygen atoms in total. The first-order chi connectivity index (χ1) is 11.6. The first kappa shape index (κ1) is 15.6. The summed E-state index contributed by atoms with van der Waals surface area (Å²) in [5.74, 6) is 0.432. The van der Waals surface area contributed by atoms with Gasteiger partial charge in [0.25, 0.3) is 0 Å². The number of aromatic nitrogens is 2. The number of nitrogens with zero attached hydrogens (tertiary/aromatic N) is 2. The van der Waals surface area contributed by atoms with E-state index in [0.717, 1.165) is 5.56 Å². The minimum Gasteiger partial charge on any atom is -0.494 e. The number of aliphatic carboxylic acids is 1. The molecule has 2 aromatic carbocycles. The van der Waals surface area contributed by atoms with E-state index in [2.05, 4.69) is 16.0 Å². The number of aromatic amines is 1. The van der Waals surface area contributed by atoms with Crippen molar-refractivity contribution >= 4 is 17.0 Å². The number of benzene rings is 2. The number of nitriles is 1. The average Bonchev–Trinajstić information content (AvgIpc) is 2.99. The summed E-state index contributed by atoms with van der Waals surface area (Å²) in [6.45, 7) is 0. The van der Waals surface area contributed by atoms with Crippen LogP contribution in [0.4, 0.5) is 0 Å². The summed E-state index contributed by atoms with van der Waals surface area (Å²) in [5.41, 5.74) is 3.56. The highest BCUT2D eigenvalue weighted by molar-refractivity contribution is 5.88. The lowest BCUT2D eigenvalue weighted by Gasteiger charge is -2.03. The predicted molar refractivity (Wildman–Crippen MR) is 87.9 cm³/mol. The number of fused-ring (bicyclic) bond motifs is 1. The third-order valence-corrected chi connectivity index (χ3v) is 3.76. The van der Waals surface area contributed by atoms with Crippen LogP contribution in [0.15, 0.2) is 36.4 Å². The summed E-state index contributed by atoms with van der Waals surface area (Å²) in [4.78, 5) is 18.8. The maximum atomic E-state index is 11.0. The summed E-state index contributed by atoms with van der Waals surface area (Å²) in [5, 5.41) is 17.9. The number of carbonyl (C=O) groups is 1. The maximum absolute atomic E-state index is 11.0. The van der Waals surface area contributed by atoms with Crippen LogP contribution in [0.25, 0.3) is 11.0 Å². The van der Waals surface area contributed by atoms with Gasteiger partial charge in [0.05, 0.1) is 30.7 Å². The first-order valence-electron chi connectivity index (χ1n) is 7.36. The molecule has 0 unspecified atom stereocenters. The Bertz CT molecular complexity index is 937. The number of hydrogen-bond acceptors (Lipinski definition) is 4. The molecule has 0 amide bonds. The van der Waals surface area contributed by atoms with E-state index >= 15 is 0 Å². The van der Waals surface area contributed by atoms with Gasteiger partial charge in [-0.05, 0) is 29.3 Å². The van der Waals surface area contributed by atoms with E-state index in [1.165, 1.54) is 0 Å². The smallest absolute Gasteiger partial charge is 0.307 e. The van der Waals surface area contributed by atoms with E-state index in [4.69, 9.17) is 15.1 Å². The van der Waals surface area contributed by atoms with Gasteiger partial charge in [0, 0.05) is 6.42 Å². The van der Waals surface area contributed by atoms with Gasteiger partial charge >= 0.3 is 5.97 Å². The Labute approximate surface area is 138 Å². The van der Waals surface area contributed by atoms with Crippen molar-refractivity contribution in [1.29, 1.82) is 5.26 Å². The molecule has 120 valence electrons. The van der Waals surface area contributed by atoms with Crippen molar-refractivity contribution in [3.63, 3.8) is 0 Å². The molecular weight excluding hydrogens is 306 g/mol. The number of carboxylic acids is 1. The van der Waals surface area contributed by atoms with Crippen molar-refractivity contribution in [2.45, 2.75) is 12.8 Å². The zero-order chi connectivity index (χ0) is 17.1. The molecule has 0 fully saturated rings. The van der Waals surface area contributed by atoms with Crippen LogP contribution < -0.4 is 4.74 Å². The van der Waals surface area contributed by atoms with Crippen molar-refractivity contribution < 1.29 is 14.6 Å². The molecule has 0 aliphatic rings. The van der Waals surface area contributed by atoms with Gasteiger partial charge in [-0.15, -0.1) is 0 Å². The second-order valence-corrected chi connectivity index (χ2v) is 5.39. The minimum atomic E-state index is -0.905. The molecule has 0 saturated carbocycles. The number of hydrogen-bond donors (Lipinski definition) is 2. The molecule has 0 aliphatic heterocycles. The lowest BCUT2D eigenvalue weighted by Crippen LogP contribution is -2.01. The Morgan fingerprint density at radius 2 is 2.04 bits per heavy atom. The summed E-state index contributed by atoms with van der Waals surface area (Å²) >= 11 is 0. The molecule has 6 heteroatoms. The fourth-order valence-corrected chi connectivity index (χ4v) is 2.62. The fourth-order valence-electron chi connectivity index (χ4n) is 2.62. The van der Waals surface area contributed by atoms with Crippen molar-refractivity contribution in [1.82, 2.24) is 9.97 Å². The average molecular weight is 321 g/mol. The second kappa shape index (κ2) is 6.42. The van der Waals surface area contributed by atoms with Gasteiger partial charge in [0.2, 0.25) is 0 Å². The van der Waals surface area contributed by atoms with Crippen LogP contribution in [0.5, 0.6) is 5.75 Å². The third kappa shape index (κ3) is 3.06. The Morgan fingerprint density at radius 1 is 1.29 bits per heavy atom. The van der Waals surface area contributed by atoms with Crippen LogP contribution in [-0.2, 0) is 17.6 Å². The van der Waals surface area contributed by atoms with Crippen LogP contribution in [-0.4, -0.2) is 28.2 Å².